The number of piperidine rings is 1. The Bertz CT molecular complexity index is 461. The SMILES string of the molecule is CC(C)C[C@H](N)C(=O)NC1CCCN(Cc2ccccc2)C1. The summed E-state index contributed by atoms with van der Waals surface area (Å²) in [7, 11) is 0. The van der Waals surface area contributed by atoms with Gasteiger partial charge in [-0.2, -0.15) is 0 Å². The first-order chi connectivity index (χ1) is 10.5. The summed E-state index contributed by atoms with van der Waals surface area (Å²) in [5.41, 5.74) is 7.29. The number of hydrogen-bond donors (Lipinski definition) is 2. The molecule has 4 nitrogen and oxygen atoms in total. The first kappa shape index (κ1) is 17.0. The number of nitrogens with one attached hydrogen (secondary N) is 1. The molecule has 0 aliphatic carbocycles. The van der Waals surface area contributed by atoms with E-state index in [-0.39, 0.29) is 18.0 Å². The monoisotopic (exact) mass is 303 g/mol. The molecule has 1 aromatic carbocycles. The summed E-state index contributed by atoms with van der Waals surface area (Å²) < 4.78 is 0. The number of likely N-dealkylation sites (tertiary alicyclic amines) is 1. The summed E-state index contributed by atoms with van der Waals surface area (Å²) in [6.07, 6.45) is 2.91. The van der Waals surface area contributed by atoms with Crippen LogP contribution in [0.3, 0.4) is 0 Å². The first-order valence-corrected chi connectivity index (χ1v) is 8.37. The number of hydrogen-bond acceptors (Lipinski definition) is 3. The Morgan fingerprint density at radius 1 is 1.36 bits per heavy atom. The summed E-state index contributed by atoms with van der Waals surface area (Å²) in [6, 6.07) is 10.3. The van der Waals surface area contributed by atoms with Crippen LogP contribution >= 0.6 is 0 Å². The van der Waals surface area contributed by atoms with Gasteiger partial charge in [-0.1, -0.05) is 44.2 Å². The van der Waals surface area contributed by atoms with Gasteiger partial charge in [0.2, 0.25) is 5.91 Å². The van der Waals surface area contributed by atoms with E-state index in [4.69, 9.17) is 5.73 Å². The molecule has 122 valence electrons. The number of benzene rings is 1. The van der Waals surface area contributed by atoms with Crippen LogP contribution in [0.2, 0.25) is 0 Å². The molecule has 22 heavy (non-hydrogen) atoms. The molecule has 0 spiro atoms. The third kappa shape index (κ3) is 5.43. The molecule has 0 bridgehead atoms. The van der Waals surface area contributed by atoms with E-state index >= 15 is 0 Å². The molecule has 1 aliphatic rings. The molecule has 2 atom stereocenters. The standard InChI is InChI=1S/C18H29N3O/c1-14(2)11-17(19)18(22)20-16-9-6-10-21(13-16)12-15-7-4-3-5-8-15/h3-5,7-8,14,16-17H,6,9-13,19H2,1-2H3,(H,20,22)/t16?,17-/m0/s1. The number of nitrogens with two attached hydrogens (primary N) is 1. The average molecular weight is 303 g/mol. The summed E-state index contributed by atoms with van der Waals surface area (Å²) in [4.78, 5) is 14.6. The summed E-state index contributed by atoms with van der Waals surface area (Å²) >= 11 is 0. The van der Waals surface area contributed by atoms with Crippen LogP contribution in [0.5, 0.6) is 0 Å². The Hall–Kier alpha value is -1.39. The van der Waals surface area contributed by atoms with E-state index in [1.807, 2.05) is 6.07 Å². The van der Waals surface area contributed by atoms with E-state index < -0.39 is 0 Å². The van der Waals surface area contributed by atoms with E-state index in [2.05, 4.69) is 48.3 Å². The Labute approximate surface area is 134 Å². The number of carbonyl (C=O) groups excluding carboxylic acids is 1. The lowest BCUT2D eigenvalue weighted by Crippen LogP contribution is -2.51. The topological polar surface area (TPSA) is 58.4 Å². The van der Waals surface area contributed by atoms with Crippen molar-refractivity contribution in [1.29, 1.82) is 0 Å². The molecule has 1 aromatic rings. The van der Waals surface area contributed by atoms with Crippen molar-refractivity contribution < 1.29 is 4.79 Å². The van der Waals surface area contributed by atoms with Gasteiger partial charge < -0.3 is 11.1 Å². The minimum absolute atomic E-state index is 0.000242. The predicted octanol–water partition coefficient (Wildman–Crippen LogP) is 2.14. The van der Waals surface area contributed by atoms with Crippen molar-refractivity contribution in [2.75, 3.05) is 13.1 Å². The molecule has 0 radical (unpaired) electrons. The van der Waals surface area contributed by atoms with Crippen molar-refractivity contribution >= 4 is 5.91 Å². The Morgan fingerprint density at radius 3 is 2.77 bits per heavy atom. The largest absolute Gasteiger partial charge is 0.351 e. The highest BCUT2D eigenvalue weighted by atomic mass is 16.2. The van der Waals surface area contributed by atoms with Crippen molar-refractivity contribution in [3.8, 4) is 0 Å². The minimum atomic E-state index is -0.385. The lowest BCUT2D eigenvalue weighted by Gasteiger charge is -2.33. The van der Waals surface area contributed by atoms with Crippen molar-refractivity contribution in [2.24, 2.45) is 11.7 Å². The number of rotatable bonds is 6. The second-order valence-electron chi connectivity index (χ2n) is 6.80. The molecular formula is C18H29N3O. The fraction of sp³-hybridized carbons (Fsp3) is 0.611. The maximum atomic E-state index is 12.2. The Morgan fingerprint density at radius 2 is 2.09 bits per heavy atom. The van der Waals surface area contributed by atoms with Crippen molar-refractivity contribution in [3.05, 3.63) is 35.9 Å². The van der Waals surface area contributed by atoms with Gasteiger partial charge >= 0.3 is 0 Å². The number of nitrogens with zero attached hydrogens (tertiary/aromatic N) is 1. The second kappa shape index (κ2) is 8.30. The van der Waals surface area contributed by atoms with E-state index in [9.17, 15) is 4.79 Å². The van der Waals surface area contributed by atoms with Crippen LogP contribution < -0.4 is 11.1 Å². The molecule has 4 heteroatoms. The van der Waals surface area contributed by atoms with Gasteiger partial charge in [-0.3, -0.25) is 9.69 Å². The van der Waals surface area contributed by atoms with Crippen molar-refractivity contribution in [1.82, 2.24) is 10.2 Å². The van der Waals surface area contributed by atoms with Crippen molar-refractivity contribution in [2.45, 2.75) is 51.7 Å². The number of amides is 1. The highest BCUT2D eigenvalue weighted by Gasteiger charge is 2.23. The molecule has 1 aliphatic heterocycles. The van der Waals surface area contributed by atoms with Gasteiger partial charge in [0.1, 0.15) is 0 Å². The van der Waals surface area contributed by atoms with Crippen molar-refractivity contribution in [3.63, 3.8) is 0 Å². The van der Waals surface area contributed by atoms with Gasteiger partial charge in [0.25, 0.3) is 0 Å². The molecule has 0 aromatic heterocycles. The lowest BCUT2D eigenvalue weighted by atomic mass is 10.0. The molecule has 1 amide bonds. The van der Waals surface area contributed by atoms with Gasteiger partial charge in [0, 0.05) is 19.1 Å². The third-order valence-electron chi connectivity index (χ3n) is 4.16. The molecule has 1 heterocycles. The predicted molar refractivity (Wildman–Crippen MR) is 90.3 cm³/mol. The van der Waals surface area contributed by atoms with E-state index in [1.54, 1.807) is 0 Å². The van der Waals surface area contributed by atoms with Crippen LogP contribution in [0.1, 0.15) is 38.7 Å². The molecule has 1 unspecified atom stereocenters. The van der Waals surface area contributed by atoms with Gasteiger partial charge in [0.05, 0.1) is 6.04 Å². The summed E-state index contributed by atoms with van der Waals surface area (Å²) in [5, 5.41) is 3.13. The van der Waals surface area contributed by atoms with E-state index in [0.717, 1.165) is 38.9 Å². The maximum absolute atomic E-state index is 12.2. The Kier molecular flexibility index (Phi) is 6.40. The maximum Gasteiger partial charge on any atom is 0.237 e. The van der Waals surface area contributed by atoms with Gasteiger partial charge in [0.15, 0.2) is 0 Å². The van der Waals surface area contributed by atoms with Crippen LogP contribution in [0.4, 0.5) is 0 Å². The average Bonchev–Trinajstić information content (AvgIpc) is 2.48. The first-order valence-electron chi connectivity index (χ1n) is 8.37. The quantitative estimate of drug-likeness (QED) is 0.846. The van der Waals surface area contributed by atoms with Crippen LogP contribution in [0.25, 0.3) is 0 Å². The van der Waals surface area contributed by atoms with E-state index in [0.29, 0.717) is 5.92 Å². The van der Waals surface area contributed by atoms with Crippen LogP contribution in [0.15, 0.2) is 30.3 Å². The highest BCUT2D eigenvalue weighted by molar-refractivity contribution is 5.81. The van der Waals surface area contributed by atoms with Gasteiger partial charge in [-0.05, 0) is 37.3 Å². The molecule has 3 N–H and O–H groups in total. The molecular weight excluding hydrogens is 274 g/mol. The fourth-order valence-electron chi connectivity index (χ4n) is 3.08. The summed E-state index contributed by atoms with van der Waals surface area (Å²) in [5.74, 6) is 0.446. The molecule has 1 saturated heterocycles. The zero-order valence-corrected chi connectivity index (χ0v) is 13.8. The van der Waals surface area contributed by atoms with Gasteiger partial charge in [-0.15, -0.1) is 0 Å². The van der Waals surface area contributed by atoms with Crippen LogP contribution in [-0.4, -0.2) is 36.0 Å². The van der Waals surface area contributed by atoms with Crippen LogP contribution in [0, 0.1) is 5.92 Å². The third-order valence-corrected chi connectivity index (χ3v) is 4.16. The summed E-state index contributed by atoms with van der Waals surface area (Å²) in [6.45, 7) is 7.14. The highest BCUT2D eigenvalue weighted by Crippen LogP contribution is 2.14. The molecule has 0 saturated carbocycles. The smallest absolute Gasteiger partial charge is 0.237 e. The molecule has 2 rings (SSSR count). The normalized spacial score (nSPS) is 20.8. The van der Waals surface area contributed by atoms with Gasteiger partial charge in [-0.25, -0.2) is 0 Å². The minimum Gasteiger partial charge on any atom is -0.351 e. The van der Waals surface area contributed by atoms with Crippen LogP contribution in [-0.2, 0) is 11.3 Å². The fourth-order valence-corrected chi connectivity index (χ4v) is 3.08. The molecule has 1 fully saturated rings. The number of carbonyl (C=O) groups is 1. The van der Waals surface area contributed by atoms with E-state index in [1.165, 1.54) is 5.56 Å². The Balaban J connectivity index is 1.81. The lowest BCUT2D eigenvalue weighted by molar-refractivity contribution is -0.123. The second-order valence-corrected chi connectivity index (χ2v) is 6.80. The zero-order chi connectivity index (χ0) is 15.9. The zero-order valence-electron chi connectivity index (χ0n) is 13.8.